The van der Waals surface area contributed by atoms with Gasteiger partial charge >= 0.3 is 0 Å². The molecular formula is CH5AlCl2. The van der Waals surface area contributed by atoms with E-state index >= 15 is 0 Å². The van der Waals surface area contributed by atoms with Gasteiger partial charge < -0.3 is 0 Å². The van der Waals surface area contributed by atoms with E-state index in [1.165, 1.54) is 0 Å². The lowest BCUT2D eigenvalue weighted by Crippen LogP contribution is -1.53. The molecule has 0 radical (unpaired) electrons. The van der Waals surface area contributed by atoms with Gasteiger partial charge in [0.05, 0.1) is 0 Å². The molecule has 0 saturated heterocycles. The van der Waals surface area contributed by atoms with Crippen LogP contribution in [0.25, 0.3) is 0 Å². The van der Waals surface area contributed by atoms with Crippen LogP contribution >= 0.6 is 24.0 Å². The smallest absolute Gasteiger partial charge is 0.147 e. The number of hydrogen-bond acceptors (Lipinski definition) is 0. The molecule has 0 atom stereocenters. The Balaban J connectivity index is 0. The molecule has 0 aliphatic rings. The Labute approximate surface area is 45.4 Å². The third-order valence-electron chi connectivity index (χ3n) is 0. The Hall–Kier alpha value is 1.11. The van der Waals surface area contributed by atoms with Crippen molar-refractivity contribution in [3.63, 3.8) is 0 Å². The van der Waals surface area contributed by atoms with Crippen LogP contribution in [0.4, 0.5) is 0 Å². The normalized spacial score (nSPS) is 4.25. The minimum absolute atomic E-state index is 0. The molecule has 3 heteroatoms. The van der Waals surface area contributed by atoms with Gasteiger partial charge in [0, 0.05) is 0 Å². The highest BCUT2D eigenvalue weighted by atomic mass is 35.5. The fourth-order valence-corrected chi connectivity index (χ4v) is 0. The standard InChI is InChI=1S/CH2Cl.Al.ClH.2H/c1-2;;;;/h1H2;;1H;;. The van der Waals surface area contributed by atoms with Crippen LogP contribution in [0.5, 0.6) is 0 Å². The van der Waals surface area contributed by atoms with Crippen LogP contribution in [0, 0.1) is 0 Å². The van der Waals surface area contributed by atoms with E-state index in [1.807, 2.05) is 0 Å². The zero-order valence-corrected chi connectivity index (χ0v) is 6.07. The second-order valence-corrected chi connectivity index (χ2v) is 2.41. The summed E-state index contributed by atoms with van der Waals surface area (Å²) in [6.07, 6.45) is 0. The SMILES string of the molecule is Cl.[AlH2][CH2]Cl. The lowest BCUT2D eigenvalue weighted by molar-refractivity contribution is 2.20. The molecule has 0 spiro atoms. The molecule has 0 aliphatic carbocycles. The van der Waals surface area contributed by atoms with E-state index in [4.69, 9.17) is 11.6 Å². The molecule has 26 valence electrons. The first kappa shape index (κ1) is 8.93. The first-order valence-electron chi connectivity index (χ1n) is 0.974. The third-order valence-corrected chi connectivity index (χ3v) is 0. The summed E-state index contributed by atoms with van der Waals surface area (Å²) in [5.41, 5.74) is 0. The Bertz CT molecular complexity index is 6.00. The summed E-state index contributed by atoms with van der Waals surface area (Å²) >= 11 is 6.19. The molecular weight excluding hydrogens is 110 g/mol. The maximum atomic E-state index is 5.06. The highest BCUT2D eigenvalue weighted by molar-refractivity contribution is 6.36. The van der Waals surface area contributed by atoms with Crippen molar-refractivity contribution in [3.05, 3.63) is 0 Å². The van der Waals surface area contributed by atoms with Crippen molar-refractivity contribution in [1.82, 2.24) is 0 Å². The molecule has 0 unspecified atom stereocenters. The molecule has 0 aromatic rings. The summed E-state index contributed by atoms with van der Waals surface area (Å²) in [6.45, 7) is 0. The fraction of sp³-hybridized carbons (Fsp3) is 1.00. The average Bonchev–Trinajstić information content (AvgIpc) is 0.918. The van der Waals surface area contributed by atoms with E-state index in [0.717, 1.165) is 21.0 Å². The van der Waals surface area contributed by atoms with E-state index in [0.29, 0.717) is 0 Å². The van der Waals surface area contributed by atoms with Crippen LogP contribution in [0.2, 0.25) is 0 Å². The topological polar surface area (TPSA) is 0 Å². The van der Waals surface area contributed by atoms with Crippen molar-refractivity contribution in [1.29, 1.82) is 0 Å². The lowest BCUT2D eigenvalue weighted by atomic mass is 11.9. The van der Waals surface area contributed by atoms with Gasteiger partial charge in [0.2, 0.25) is 16.3 Å². The fourth-order valence-electron chi connectivity index (χ4n) is 0. The van der Waals surface area contributed by atoms with E-state index in [2.05, 4.69) is 0 Å². The highest BCUT2D eigenvalue weighted by Gasteiger charge is 1.44. The molecule has 0 nitrogen and oxygen atoms in total. The monoisotopic (exact) mass is 114 g/mol. The van der Waals surface area contributed by atoms with Gasteiger partial charge in [-0.05, 0) is 4.74 Å². The Morgan fingerprint density at radius 1 is 1.75 bits per heavy atom. The second-order valence-electron chi connectivity index (χ2n) is 0.267. The highest BCUT2D eigenvalue weighted by Crippen LogP contribution is 1.52. The summed E-state index contributed by atoms with van der Waals surface area (Å²) in [6, 6.07) is 0. The second kappa shape index (κ2) is 8.93. The van der Waals surface area contributed by atoms with Crippen LogP contribution in [-0.4, -0.2) is 21.0 Å². The number of alkyl halides is 1. The predicted molar refractivity (Wildman–Crippen MR) is 26.5 cm³/mol. The molecule has 0 rings (SSSR count). The van der Waals surface area contributed by atoms with Crippen molar-refractivity contribution in [3.8, 4) is 0 Å². The summed E-state index contributed by atoms with van der Waals surface area (Å²) in [4.78, 5) is 0. The minimum Gasteiger partial charge on any atom is -0.147 e. The van der Waals surface area contributed by atoms with E-state index < -0.39 is 0 Å². The van der Waals surface area contributed by atoms with Gasteiger partial charge in [0.1, 0.15) is 0 Å². The van der Waals surface area contributed by atoms with Gasteiger partial charge in [0.25, 0.3) is 0 Å². The quantitative estimate of drug-likeness (QED) is 0.313. The van der Waals surface area contributed by atoms with Gasteiger partial charge in [-0.15, -0.1) is 24.0 Å². The summed E-state index contributed by atoms with van der Waals surface area (Å²) in [5, 5.41) is 0. The predicted octanol–water partition coefficient (Wildman–Crippen LogP) is 0.238. The van der Waals surface area contributed by atoms with Crippen LogP contribution in [0.1, 0.15) is 0 Å². The van der Waals surface area contributed by atoms with Crippen LogP contribution in [-0.2, 0) is 0 Å². The zero-order valence-electron chi connectivity index (χ0n) is 2.49. The third kappa shape index (κ3) is 11.2. The maximum absolute atomic E-state index is 5.06. The largest absolute Gasteiger partial charge is 0.235 e. The number of rotatable bonds is 0. The molecule has 0 aromatic heterocycles. The van der Waals surface area contributed by atoms with Crippen molar-refractivity contribution in [2.45, 2.75) is 0 Å². The number of hydrogen-bond donors (Lipinski definition) is 0. The molecule has 4 heavy (non-hydrogen) atoms. The molecule has 0 saturated carbocycles. The molecule has 0 fully saturated rings. The zero-order chi connectivity index (χ0) is 2.71. The molecule has 0 bridgehead atoms. The molecule has 0 heterocycles. The van der Waals surface area contributed by atoms with Gasteiger partial charge in [0.15, 0.2) is 0 Å². The van der Waals surface area contributed by atoms with E-state index in [-0.39, 0.29) is 12.4 Å². The van der Waals surface area contributed by atoms with Gasteiger partial charge in [-0.25, -0.2) is 0 Å². The van der Waals surface area contributed by atoms with Crippen molar-refractivity contribution in [2.75, 3.05) is 4.74 Å². The average molecular weight is 115 g/mol. The summed E-state index contributed by atoms with van der Waals surface area (Å²) in [7, 11) is 0. The molecule has 0 aromatic carbocycles. The van der Waals surface area contributed by atoms with Crippen molar-refractivity contribution < 1.29 is 0 Å². The molecule has 0 aliphatic heterocycles. The maximum Gasteiger partial charge on any atom is 0.235 e. The Morgan fingerprint density at radius 2 is 1.75 bits per heavy atom. The first-order chi connectivity index (χ1) is 1.41. The first-order valence-corrected chi connectivity index (χ1v) is 2.92. The number of halogens is 2. The van der Waals surface area contributed by atoms with Crippen molar-refractivity contribution in [2.24, 2.45) is 0 Å². The minimum atomic E-state index is 0. The Kier molecular flexibility index (Phi) is 19.9. The van der Waals surface area contributed by atoms with Crippen LogP contribution in [0.15, 0.2) is 0 Å². The van der Waals surface area contributed by atoms with Gasteiger partial charge in [-0.2, -0.15) is 0 Å². The molecule has 0 N–H and O–H groups in total. The summed E-state index contributed by atoms with van der Waals surface area (Å²) < 4.78 is 0.861. The lowest BCUT2D eigenvalue weighted by Gasteiger charge is -1.42. The van der Waals surface area contributed by atoms with Gasteiger partial charge in [-0.3, -0.25) is 0 Å². The van der Waals surface area contributed by atoms with E-state index in [1.54, 1.807) is 0 Å². The van der Waals surface area contributed by atoms with E-state index in [9.17, 15) is 0 Å². The van der Waals surface area contributed by atoms with Crippen LogP contribution in [0.3, 0.4) is 0 Å². The van der Waals surface area contributed by atoms with Crippen molar-refractivity contribution >= 4 is 40.3 Å². The Morgan fingerprint density at radius 3 is 1.75 bits per heavy atom. The molecule has 0 amide bonds. The van der Waals surface area contributed by atoms with Gasteiger partial charge in [-0.1, -0.05) is 0 Å². The summed E-state index contributed by atoms with van der Waals surface area (Å²) in [5.74, 6) is 0. The van der Waals surface area contributed by atoms with Crippen LogP contribution < -0.4 is 0 Å².